The number of phenolic OH excluding ortho intramolecular Hbond substituents is 1. The summed E-state index contributed by atoms with van der Waals surface area (Å²) in [4.78, 5) is 22.4. The van der Waals surface area contributed by atoms with Crippen LogP contribution in [0.5, 0.6) is 5.75 Å². The van der Waals surface area contributed by atoms with Gasteiger partial charge in [-0.15, -0.1) is 0 Å². The Bertz CT molecular complexity index is 1310. The third kappa shape index (κ3) is 4.03. The Labute approximate surface area is 186 Å². The first-order chi connectivity index (χ1) is 16.0. The van der Waals surface area contributed by atoms with E-state index < -0.39 is 23.1 Å². The topological polar surface area (TPSA) is 119 Å². The highest BCUT2D eigenvalue weighted by molar-refractivity contribution is 6.06. The number of carbonyl (C=O) groups excluding carboxylic acids is 1. The van der Waals surface area contributed by atoms with E-state index in [1.807, 2.05) is 0 Å². The second kappa shape index (κ2) is 8.60. The van der Waals surface area contributed by atoms with Crippen LogP contribution < -0.4 is 5.32 Å². The summed E-state index contributed by atoms with van der Waals surface area (Å²) in [5.74, 6) is -2.41. The summed E-state index contributed by atoms with van der Waals surface area (Å²) < 4.78 is 33.4. The maximum Gasteiger partial charge on any atom is 0.261 e. The molecular weight excluding hydrogens is 434 g/mol. The number of aromatic nitrogens is 4. The first-order valence-electron chi connectivity index (χ1n) is 10.3. The fourth-order valence-electron chi connectivity index (χ4n) is 3.84. The minimum absolute atomic E-state index is 0.125. The van der Waals surface area contributed by atoms with Gasteiger partial charge in [-0.25, -0.2) is 13.8 Å². The highest BCUT2D eigenvalue weighted by Crippen LogP contribution is 2.31. The lowest BCUT2D eigenvalue weighted by Crippen LogP contribution is -2.35. The number of amides is 1. The van der Waals surface area contributed by atoms with Crippen molar-refractivity contribution in [1.29, 1.82) is 0 Å². The Balaban J connectivity index is 1.47. The Kier molecular flexibility index (Phi) is 5.48. The van der Waals surface area contributed by atoms with Crippen LogP contribution in [0, 0.1) is 11.6 Å². The standard InChI is InChI=1S/C22H20F2N6O3/c23-13-2-1-3-14(24)18(13)22(32)27-16-10-25-29-20(16)21-26-15-4-5-17(31)12(19(15)28-21)11-30-6-8-33-9-7-30/h1-5,10,31H,6-9,11H2,(H,25,29)(H,26,28)(H,27,32). The number of carbonyl (C=O) groups is 1. The molecule has 33 heavy (non-hydrogen) atoms. The molecule has 2 aromatic carbocycles. The molecule has 1 aliphatic rings. The first kappa shape index (κ1) is 21.0. The first-order valence-corrected chi connectivity index (χ1v) is 10.3. The van der Waals surface area contributed by atoms with Crippen molar-refractivity contribution in [2.24, 2.45) is 0 Å². The van der Waals surface area contributed by atoms with Crippen molar-refractivity contribution < 1.29 is 23.4 Å². The van der Waals surface area contributed by atoms with E-state index in [4.69, 9.17) is 4.74 Å². The van der Waals surface area contributed by atoms with Gasteiger partial charge in [0.1, 0.15) is 28.6 Å². The summed E-state index contributed by atoms with van der Waals surface area (Å²) in [6.45, 7) is 3.24. The Hall–Kier alpha value is -3.83. The molecule has 0 bridgehead atoms. The van der Waals surface area contributed by atoms with E-state index in [0.29, 0.717) is 47.9 Å². The molecule has 9 nitrogen and oxygen atoms in total. The lowest BCUT2D eigenvalue weighted by molar-refractivity contribution is 0.0340. The summed E-state index contributed by atoms with van der Waals surface area (Å²) in [5, 5.41) is 19.6. The molecule has 0 atom stereocenters. The third-order valence-corrected chi connectivity index (χ3v) is 5.53. The van der Waals surface area contributed by atoms with Gasteiger partial charge in [0.05, 0.1) is 36.1 Å². The number of halogens is 2. The number of phenols is 1. The van der Waals surface area contributed by atoms with Gasteiger partial charge in [0.2, 0.25) is 0 Å². The number of H-pyrrole nitrogens is 2. The molecule has 3 heterocycles. The van der Waals surface area contributed by atoms with Crippen LogP contribution in [-0.4, -0.2) is 62.4 Å². The number of aromatic amines is 2. The zero-order valence-corrected chi connectivity index (χ0v) is 17.4. The number of hydrogen-bond donors (Lipinski definition) is 4. The zero-order valence-electron chi connectivity index (χ0n) is 17.4. The van der Waals surface area contributed by atoms with E-state index in [9.17, 15) is 18.7 Å². The SMILES string of the molecule is O=C(Nc1cn[nH]c1-c1nc2c(CN3CCOCC3)c(O)ccc2[nH]1)c1c(F)cccc1F. The van der Waals surface area contributed by atoms with Crippen molar-refractivity contribution in [3.05, 3.63) is 59.3 Å². The van der Waals surface area contributed by atoms with Crippen molar-refractivity contribution in [3.8, 4) is 17.3 Å². The number of benzene rings is 2. The average molecular weight is 454 g/mol. The van der Waals surface area contributed by atoms with Crippen molar-refractivity contribution in [1.82, 2.24) is 25.1 Å². The molecule has 0 unspecified atom stereocenters. The molecule has 4 N–H and O–H groups in total. The van der Waals surface area contributed by atoms with E-state index in [2.05, 4.69) is 30.4 Å². The second-order valence-corrected chi connectivity index (χ2v) is 7.64. The van der Waals surface area contributed by atoms with E-state index in [0.717, 1.165) is 25.2 Å². The molecule has 1 saturated heterocycles. The number of anilines is 1. The fourth-order valence-corrected chi connectivity index (χ4v) is 3.84. The van der Waals surface area contributed by atoms with Gasteiger partial charge in [-0.3, -0.25) is 14.8 Å². The van der Waals surface area contributed by atoms with Crippen molar-refractivity contribution in [2.45, 2.75) is 6.54 Å². The fraction of sp³-hybridized carbons (Fsp3) is 0.227. The lowest BCUT2D eigenvalue weighted by atomic mass is 10.1. The number of fused-ring (bicyclic) bond motifs is 1. The summed E-state index contributed by atoms with van der Waals surface area (Å²) in [5.41, 5.74) is 1.75. The number of morpholine rings is 1. The van der Waals surface area contributed by atoms with Gasteiger partial charge in [-0.1, -0.05) is 6.07 Å². The van der Waals surface area contributed by atoms with Crippen LogP contribution in [0.15, 0.2) is 36.5 Å². The van der Waals surface area contributed by atoms with Gasteiger partial charge in [-0.2, -0.15) is 5.10 Å². The van der Waals surface area contributed by atoms with Gasteiger partial charge in [0.25, 0.3) is 5.91 Å². The summed E-state index contributed by atoms with van der Waals surface area (Å²) in [6.07, 6.45) is 1.32. The van der Waals surface area contributed by atoms with Crippen LogP contribution >= 0.6 is 0 Å². The number of imidazole rings is 1. The summed E-state index contributed by atoms with van der Waals surface area (Å²) in [6, 6.07) is 6.50. The largest absolute Gasteiger partial charge is 0.508 e. The molecule has 5 rings (SSSR count). The van der Waals surface area contributed by atoms with Crippen molar-refractivity contribution in [2.75, 3.05) is 31.6 Å². The maximum absolute atomic E-state index is 14.0. The van der Waals surface area contributed by atoms with E-state index in [1.165, 1.54) is 12.3 Å². The minimum Gasteiger partial charge on any atom is -0.508 e. The van der Waals surface area contributed by atoms with Crippen molar-refractivity contribution >= 4 is 22.6 Å². The quantitative estimate of drug-likeness (QED) is 0.368. The number of ether oxygens (including phenoxy) is 1. The third-order valence-electron chi connectivity index (χ3n) is 5.53. The highest BCUT2D eigenvalue weighted by atomic mass is 19.1. The maximum atomic E-state index is 14.0. The number of aromatic hydroxyl groups is 1. The highest BCUT2D eigenvalue weighted by Gasteiger charge is 2.22. The molecule has 0 radical (unpaired) electrons. The van der Waals surface area contributed by atoms with Gasteiger partial charge in [0.15, 0.2) is 5.82 Å². The summed E-state index contributed by atoms with van der Waals surface area (Å²) >= 11 is 0. The molecular formula is C22H20F2N6O3. The number of nitrogens with one attached hydrogen (secondary N) is 3. The molecule has 0 spiro atoms. The molecule has 1 fully saturated rings. The monoisotopic (exact) mass is 454 g/mol. The van der Waals surface area contributed by atoms with E-state index in [1.54, 1.807) is 12.1 Å². The smallest absolute Gasteiger partial charge is 0.261 e. The molecule has 11 heteroatoms. The predicted molar refractivity (Wildman–Crippen MR) is 116 cm³/mol. The van der Waals surface area contributed by atoms with Crippen LogP contribution in [0.25, 0.3) is 22.6 Å². The molecule has 170 valence electrons. The second-order valence-electron chi connectivity index (χ2n) is 7.64. The van der Waals surface area contributed by atoms with Gasteiger partial charge >= 0.3 is 0 Å². The zero-order chi connectivity index (χ0) is 22.9. The normalized spacial score (nSPS) is 14.6. The molecule has 1 amide bonds. The van der Waals surface area contributed by atoms with Gasteiger partial charge in [0, 0.05) is 25.2 Å². The van der Waals surface area contributed by atoms with Gasteiger partial charge < -0.3 is 20.1 Å². The predicted octanol–water partition coefficient (Wildman–Crippen LogP) is 3.02. The number of rotatable bonds is 5. The van der Waals surface area contributed by atoms with E-state index >= 15 is 0 Å². The van der Waals surface area contributed by atoms with E-state index in [-0.39, 0.29) is 11.4 Å². The van der Waals surface area contributed by atoms with Gasteiger partial charge in [-0.05, 0) is 24.3 Å². The minimum atomic E-state index is -0.968. The number of nitrogens with zero attached hydrogens (tertiary/aromatic N) is 3. The molecule has 0 saturated carbocycles. The Morgan fingerprint density at radius 2 is 1.94 bits per heavy atom. The molecule has 4 aromatic rings. The number of hydrogen-bond acceptors (Lipinski definition) is 6. The molecule has 1 aliphatic heterocycles. The molecule has 0 aliphatic carbocycles. The summed E-state index contributed by atoms with van der Waals surface area (Å²) in [7, 11) is 0. The van der Waals surface area contributed by atoms with Crippen LogP contribution in [0.1, 0.15) is 15.9 Å². The lowest BCUT2D eigenvalue weighted by Gasteiger charge is -2.26. The van der Waals surface area contributed by atoms with Crippen LogP contribution in [0.4, 0.5) is 14.5 Å². The Morgan fingerprint density at radius 1 is 1.18 bits per heavy atom. The van der Waals surface area contributed by atoms with Crippen LogP contribution in [-0.2, 0) is 11.3 Å². The van der Waals surface area contributed by atoms with Crippen molar-refractivity contribution in [3.63, 3.8) is 0 Å². The molecule has 2 aromatic heterocycles. The van der Waals surface area contributed by atoms with Crippen LogP contribution in [0.2, 0.25) is 0 Å². The average Bonchev–Trinajstić information content (AvgIpc) is 3.43. The van der Waals surface area contributed by atoms with Crippen LogP contribution in [0.3, 0.4) is 0 Å². The Morgan fingerprint density at radius 3 is 2.70 bits per heavy atom.